The van der Waals surface area contributed by atoms with Gasteiger partial charge in [-0.05, 0) is 113 Å². The van der Waals surface area contributed by atoms with Gasteiger partial charge < -0.3 is 30.4 Å². The molecule has 0 aliphatic heterocycles. The number of carbonyl (C=O) groups excluding carboxylic acids is 2. The van der Waals surface area contributed by atoms with Crippen LogP contribution in [-0.4, -0.2) is 37.5 Å². The monoisotopic (exact) mass is 918 g/mol. The molecular formula is C47H40F10N2O6. The van der Waals surface area contributed by atoms with Crippen molar-refractivity contribution < 1.29 is 72.4 Å². The van der Waals surface area contributed by atoms with Gasteiger partial charge in [0.25, 0.3) is 0 Å². The lowest BCUT2D eigenvalue weighted by molar-refractivity contribution is -0.186. The number of aryl methyl sites for hydroxylation is 2. The largest absolute Gasteiger partial charge is 0.462 e. The third kappa shape index (κ3) is 16.0. The average molecular weight is 919 g/mol. The molecule has 65 heavy (non-hydrogen) atoms. The van der Waals surface area contributed by atoms with E-state index in [1.807, 2.05) is 0 Å². The fraction of sp³-hybridized carbons (Fsp3) is 0.234. The third-order valence-corrected chi connectivity index (χ3v) is 9.45. The lowest BCUT2D eigenvalue weighted by Crippen LogP contribution is -2.21. The summed E-state index contributed by atoms with van der Waals surface area (Å²) >= 11 is 0. The highest BCUT2D eigenvalue weighted by atomic mass is 19.4. The molecule has 5 aromatic rings. The smallest absolute Gasteiger partial charge is 0.426 e. The van der Waals surface area contributed by atoms with E-state index in [-0.39, 0.29) is 43.2 Å². The number of ether oxygens (including phenoxy) is 4. The van der Waals surface area contributed by atoms with Gasteiger partial charge in [-0.25, -0.2) is 9.59 Å². The fourth-order valence-electron chi connectivity index (χ4n) is 5.99. The first-order valence-corrected chi connectivity index (χ1v) is 19.5. The van der Waals surface area contributed by atoms with Crippen molar-refractivity contribution in [2.75, 3.05) is 24.7 Å². The highest BCUT2D eigenvalue weighted by Crippen LogP contribution is 2.34. The maximum absolute atomic E-state index is 14.9. The second-order valence-electron chi connectivity index (χ2n) is 14.5. The molecule has 5 rings (SSSR count). The molecule has 0 aromatic heterocycles. The van der Waals surface area contributed by atoms with Crippen LogP contribution in [0.1, 0.15) is 57.7 Å². The molecule has 0 aliphatic rings. The molecule has 0 spiro atoms. The number of nitrogen functional groups attached to an aromatic ring is 2. The molecule has 18 heteroatoms. The van der Waals surface area contributed by atoms with Crippen LogP contribution in [-0.2, 0) is 44.1 Å². The minimum absolute atomic E-state index is 0.214. The lowest BCUT2D eigenvalue weighted by Gasteiger charge is -2.19. The van der Waals surface area contributed by atoms with E-state index < -0.39 is 66.4 Å². The van der Waals surface area contributed by atoms with Gasteiger partial charge in [-0.15, -0.1) is 0 Å². The van der Waals surface area contributed by atoms with Crippen molar-refractivity contribution in [3.05, 3.63) is 166 Å². The average Bonchev–Trinajstić information content (AvgIpc) is 3.24. The van der Waals surface area contributed by atoms with Crippen molar-refractivity contribution >= 4 is 35.5 Å². The van der Waals surface area contributed by atoms with Gasteiger partial charge in [0.1, 0.15) is 24.7 Å². The van der Waals surface area contributed by atoms with Gasteiger partial charge >= 0.3 is 36.5 Å². The number of nitrogens with two attached hydrogens (primary N) is 2. The summed E-state index contributed by atoms with van der Waals surface area (Å²) in [6, 6.07) is 23.6. The van der Waals surface area contributed by atoms with Crippen LogP contribution in [0.25, 0.3) is 12.2 Å². The molecule has 0 saturated carbocycles. The summed E-state index contributed by atoms with van der Waals surface area (Å²) in [5, 5.41) is 0. The Morgan fingerprint density at radius 3 is 1.26 bits per heavy atom. The zero-order valence-corrected chi connectivity index (χ0v) is 34.0. The minimum Gasteiger partial charge on any atom is -0.462 e. The van der Waals surface area contributed by atoms with Crippen molar-refractivity contribution in [2.24, 2.45) is 0 Å². The summed E-state index contributed by atoms with van der Waals surface area (Å²) in [7, 11) is 0. The van der Waals surface area contributed by atoms with Crippen molar-refractivity contribution in [3.8, 4) is 11.5 Å². The third-order valence-electron chi connectivity index (χ3n) is 9.45. The summed E-state index contributed by atoms with van der Waals surface area (Å²) in [6.07, 6.45) is -14.4. The number of benzene rings is 5. The Bertz CT molecular complexity index is 2270. The molecule has 0 radical (unpaired) electrons. The first-order chi connectivity index (χ1) is 30.5. The maximum atomic E-state index is 14.9. The van der Waals surface area contributed by atoms with Gasteiger partial charge in [0.05, 0.1) is 17.0 Å². The number of hydrogen-bond donors (Lipinski definition) is 2. The molecule has 344 valence electrons. The van der Waals surface area contributed by atoms with Crippen molar-refractivity contribution in [1.29, 1.82) is 0 Å². The van der Waals surface area contributed by atoms with Crippen LogP contribution in [0.3, 0.4) is 0 Å². The van der Waals surface area contributed by atoms with E-state index in [1.165, 1.54) is 72.8 Å². The van der Waals surface area contributed by atoms with Gasteiger partial charge in [0, 0.05) is 36.4 Å². The van der Waals surface area contributed by atoms with Crippen LogP contribution >= 0.6 is 0 Å². The molecule has 4 N–H and O–H groups in total. The summed E-state index contributed by atoms with van der Waals surface area (Å²) in [6.45, 7) is -0.667. The minimum atomic E-state index is -4.36. The molecule has 0 heterocycles. The molecule has 0 amide bonds. The van der Waals surface area contributed by atoms with E-state index in [0.717, 1.165) is 60.7 Å². The molecule has 0 unspecified atom stereocenters. The molecule has 0 aliphatic carbocycles. The van der Waals surface area contributed by atoms with Gasteiger partial charge in [-0.1, -0.05) is 54.6 Å². The highest BCUT2D eigenvalue weighted by Gasteiger charge is 2.36. The van der Waals surface area contributed by atoms with Crippen LogP contribution < -0.4 is 20.9 Å². The SMILES string of the molecule is Nc1ccc(C(COC(=O)/C=C/c2ccc(C(F)(F)Oc3ccc(CCC(F)(F)F)cc3)cc2)COC(=O)/C=C/c2ccc(C(F)(F)Oc3ccc(CCC(F)(F)F)cc3)cc2)c(N)c1. The van der Waals surface area contributed by atoms with Gasteiger partial charge in [-0.3, -0.25) is 0 Å². The predicted molar refractivity (Wildman–Crippen MR) is 222 cm³/mol. The fourth-order valence-corrected chi connectivity index (χ4v) is 5.99. The summed E-state index contributed by atoms with van der Waals surface area (Å²) in [5.41, 5.74) is 13.2. The molecule has 5 aromatic carbocycles. The van der Waals surface area contributed by atoms with Crippen molar-refractivity contribution in [3.63, 3.8) is 0 Å². The Balaban J connectivity index is 1.13. The standard InChI is InChI=1S/C47H40F10N2O6/c48-44(49,50)25-23-32-5-16-38(17-6-32)64-46(54,55)35-11-1-30(2-12-35)9-21-42(60)62-28-34(40-20-15-37(58)27-41(40)59)29-63-43(61)22-10-31-3-13-36(14-4-31)47(56,57)65-39-18-7-33(8-19-39)24-26-45(51,52)53/h1-22,27,34H,23-26,28-29,58-59H2/b21-9+,22-10+. The van der Waals surface area contributed by atoms with Crippen LogP contribution in [0, 0.1) is 0 Å². The van der Waals surface area contributed by atoms with Gasteiger partial charge in [-0.2, -0.15) is 43.9 Å². The Kier molecular flexibility index (Phi) is 15.9. The van der Waals surface area contributed by atoms with Crippen LogP contribution in [0.4, 0.5) is 55.3 Å². The Morgan fingerprint density at radius 2 is 0.908 bits per heavy atom. The molecule has 8 nitrogen and oxygen atoms in total. The number of carbonyl (C=O) groups is 2. The highest BCUT2D eigenvalue weighted by molar-refractivity contribution is 5.87. The summed E-state index contributed by atoms with van der Waals surface area (Å²) < 4.78 is 155. The first-order valence-electron chi connectivity index (χ1n) is 19.5. The first kappa shape index (κ1) is 49.0. The number of anilines is 2. The quantitative estimate of drug-likeness (QED) is 0.0363. The number of esters is 2. The Morgan fingerprint density at radius 1 is 0.523 bits per heavy atom. The molecular weight excluding hydrogens is 879 g/mol. The van der Waals surface area contributed by atoms with E-state index in [9.17, 15) is 53.5 Å². The van der Waals surface area contributed by atoms with E-state index in [2.05, 4.69) is 0 Å². The second-order valence-corrected chi connectivity index (χ2v) is 14.5. The molecule has 0 atom stereocenters. The molecule has 0 bridgehead atoms. The second kappa shape index (κ2) is 21.1. The number of rotatable bonds is 19. The Labute approximate surface area is 366 Å². The number of halogens is 10. The van der Waals surface area contributed by atoms with Gasteiger partial charge in [0.15, 0.2) is 0 Å². The zero-order valence-electron chi connectivity index (χ0n) is 34.0. The van der Waals surface area contributed by atoms with Gasteiger partial charge in [0.2, 0.25) is 0 Å². The van der Waals surface area contributed by atoms with Crippen LogP contribution in [0.5, 0.6) is 11.5 Å². The van der Waals surface area contributed by atoms with E-state index in [4.69, 9.17) is 30.4 Å². The molecule has 0 saturated heterocycles. The van der Waals surface area contributed by atoms with E-state index >= 15 is 0 Å². The number of alkyl halides is 10. The summed E-state index contributed by atoms with van der Waals surface area (Å²) in [5.74, 6) is -3.00. The number of hydrogen-bond acceptors (Lipinski definition) is 8. The molecule has 0 fully saturated rings. The summed E-state index contributed by atoms with van der Waals surface area (Å²) in [4.78, 5) is 25.4. The maximum Gasteiger partial charge on any atom is 0.426 e. The normalized spacial score (nSPS) is 12.5. The van der Waals surface area contributed by atoms with Crippen molar-refractivity contribution in [2.45, 2.75) is 56.2 Å². The van der Waals surface area contributed by atoms with Crippen molar-refractivity contribution in [1.82, 2.24) is 0 Å². The predicted octanol–water partition coefficient (Wildman–Crippen LogP) is 11.7. The van der Waals surface area contributed by atoms with E-state index in [0.29, 0.717) is 33.5 Å². The van der Waals surface area contributed by atoms with E-state index in [1.54, 1.807) is 6.07 Å². The Hall–Kier alpha value is -6.98. The van der Waals surface area contributed by atoms with Crippen LogP contribution in [0.15, 0.2) is 127 Å². The zero-order chi connectivity index (χ0) is 47.4. The van der Waals surface area contributed by atoms with Crippen LogP contribution in [0.2, 0.25) is 0 Å². The lowest BCUT2D eigenvalue weighted by atomic mass is 9.98. The topological polar surface area (TPSA) is 123 Å².